The van der Waals surface area contributed by atoms with Crippen LogP contribution in [0.15, 0.2) is 48.5 Å². The molecule has 2 aromatic rings. The molecule has 2 rings (SSSR count). The van der Waals surface area contributed by atoms with E-state index >= 15 is 0 Å². The smallest absolute Gasteiger partial charge is 0.408 e. The Bertz CT molecular complexity index is 720. The predicted molar refractivity (Wildman–Crippen MR) is 83.0 cm³/mol. The summed E-state index contributed by atoms with van der Waals surface area (Å²) in [5, 5.41) is 20.5. The lowest BCUT2D eigenvalue weighted by Crippen LogP contribution is -2.42. The first-order valence-electron chi connectivity index (χ1n) is 7.13. The molecule has 6 nitrogen and oxygen atoms in total. The van der Waals surface area contributed by atoms with Crippen LogP contribution < -0.4 is 5.32 Å². The fourth-order valence-electron chi connectivity index (χ4n) is 2.02. The molecule has 0 spiro atoms. The minimum Gasteiger partial charge on any atom is -0.505 e. The van der Waals surface area contributed by atoms with Crippen molar-refractivity contribution in [3.63, 3.8) is 0 Å². The van der Waals surface area contributed by atoms with Gasteiger partial charge in [0.05, 0.1) is 0 Å². The Hall–Kier alpha value is -3.09. The Morgan fingerprint density at radius 2 is 1.83 bits per heavy atom. The number of carbonyl (C=O) groups excluding carboxylic acids is 1. The second-order valence-electron chi connectivity index (χ2n) is 5.09. The Kier molecular flexibility index (Phi) is 5.73. The molecule has 0 fully saturated rings. The molecular formula is C17H16FNO5. The summed E-state index contributed by atoms with van der Waals surface area (Å²) >= 11 is 0. The molecule has 0 aliphatic carbocycles. The topological polar surface area (TPSA) is 95.9 Å². The van der Waals surface area contributed by atoms with Crippen molar-refractivity contribution in [3.05, 3.63) is 65.5 Å². The Morgan fingerprint density at radius 1 is 1.12 bits per heavy atom. The fraction of sp³-hybridized carbons (Fsp3) is 0.176. The van der Waals surface area contributed by atoms with Gasteiger partial charge in [0.15, 0.2) is 11.6 Å². The van der Waals surface area contributed by atoms with Crippen LogP contribution in [0.5, 0.6) is 5.75 Å². The van der Waals surface area contributed by atoms with Gasteiger partial charge in [-0.15, -0.1) is 0 Å². The zero-order valence-corrected chi connectivity index (χ0v) is 12.6. The summed E-state index contributed by atoms with van der Waals surface area (Å²) in [6.45, 7) is 0.00680. The van der Waals surface area contributed by atoms with Crippen molar-refractivity contribution < 1.29 is 28.9 Å². The first-order valence-corrected chi connectivity index (χ1v) is 7.13. The van der Waals surface area contributed by atoms with Gasteiger partial charge in [0.2, 0.25) is 0 Å². The lowest BCUT2D eigenvalue weighted by Gasteiger charge is -2.15. The van der Waals surface area contributed by atoms with E-state index in [9.17, 15) is 19.1 Å². The van der Waals surface area contributed by atoms with Gasteiger partial charge in [-0.1, -0.05) is 36.4 Å². The molecule has 0 heterocycles. The number of phenols is 1. The van der Waals surface area contributed by atoms with Crippen LogP contribution in [-0.4, -0.2) is 28.3 Å². The molecule has 1 amide bonds. The monoisotopic (exact) mass is 333 g/mol. The third-order valence-electron chi connectivity index (χ3n) is 3.25. The minimum absolute atomic E-state index is 0.00680. The van der Waals surface area contributed by atoms with Gasteiger partial charge >= 0.3 is 12.1 Å². The molecule has 3 N–H and O–H groups in total. The van der Waals surface area contributed by atoms with E-state index in [1.54, 1.807) is 24.3 Å². The molecule has 2 aromatic carbocycles. The summed E-state index contributed by atoms with van der Waals surface area (Å²) in [6.07, 6.45) is -1.03. The molecule has 0 saturated carbocycles. The first-order chi connectivity index (χ1) is 11.5. The van der Waals surface area contributed by atoms with Crippen LogP contribution in [0.4, 0.5) is 9.18 Å². The van der Waals surface area contributed by atoms with E-state index < -0.39 is 29.7 Å². The molecule has 1 atom stereocenters. The van der Waals surface area contributed by atoms with Crippen LogP contribution in [0, 0.1) is 5.82 Å². The van der Waals surface area contributed by atoms with Crippen LogP contribution in [-0.2, 0) is 22.6 Å². The highest BCUT2D eigenvalue weighted by molar-refractivity contribution is 5.80. The molecule has 24 heavy (non-hydrogen) atoms. The number of alkyl carbamates (subject to hydrolysis) is 1. The van der Waals surface area contributed by atoms with Crippen LogP contribution >= 0.6 is 0 Å². The summed E-state index contributed by atoms with van der Waals surface area (Å²) in [7, 11) is 0. The van der Waals surface area contributed by atoms with Gasteiger partial charge < -0.3 is 20.3 Å². The summed E-state index contributed by atoms with van der Waals surface area (Å²) in [5.74, 6) is -2.66. The van der Waals surface area contributed by atoms with Crippen molar-refractivity contribution in [2.24, 2.45) is 0 Å². The van der Waals surface area contributed by atoms with Crippen molar-refractivity contribution in [2.45, 2.75) is 19.1 Å². The number of rotatable bonds is 6. The Labute approximate surface area is 137 Å². The number of hydrogen-bond acceptors (Lipinski definition) is 4. The number of carboxylic acids is 1. The zero-order chi connectivity index (χ0) is 17.5. The molecule has 0 saturated heterocycles. The van der Waals surface area contributed by atoms with E-state index in [0.717, 1.165) is 17.7 Å². The van der Waals surface area contributed by atoms with E-state index in [0.29, 0.717) is 5.56 Å². The molecule has 0 radical (unpaired) electrons. The van der Waals surface area contributed by atoms with Gasteiger partial charge in [0.25, 0.3) is 0 Å². The van der Waals surface area contributed by atoms with Gasteiger partial charge in [-0.25, -0.2) is 14.0 Å². The first kappa shape index (κ1) is 17.3. The zero-order valence-electron chi connectivity index (χ0n) is 12.6. The summed E-state index contributed by atoms with van der Waals surface area (Å²) in [6, 6.07) is 11.2. The number of carbonyl (C=O) groups is 2. The third-order valence-corrected chi connectivity index (χ3v) is 3.25. The number of nitrogens with one attached hydrogen (secondary N) is 1. The summed E-state index contributed by atoms with van der Waals surface area (Å²) in [5.41, 5.74) is 1.08. The van der Waals surface area contributed by atoms with E-state index in [-0.39, 0.29) is 13.0 Å². The highest BCUT2D eigenvalue weighted by atomic mass is 19.1. The fourth-order valence-corrected chi connectivity index (χ4v) is 2.02. The van der Waals surface area contributed by atoms with Gasteiger partial charge in [-0.05, 0) is 23.3 Å². The van der Waals surface area contributed by atoms with Crippen LogP contribution in [0.3, 0.4) is 0 Å². The van der Waals surface area contributed by atoms with E-state index in [1.165, 1.54) is 6.07 Å². The lowest BCUT2D eigenvalue weighted by atomic mass is 10.1. The number of aromatic hydroxyl groups is 1. The highest BCUT2D eigenvalue weighted by Gasteiger charge is 2.21. The second kappa shape index (κ2) is 7.96. The molecule has 7 heteroatoms. The predicted octanol–water partition coefficient (Wildman–Crippen LogP) is 2.45. The van der Waals surface area contributed by atoms with Gasteiger partial charge in [-0.3, -0.25) is 0 Å². The molecule has 0 aromatic heterocycles. The number of aliphatic carboxylic acids is 1. The Morgan fingerprint density at radius 3 is 2.46 bits per heavy atom. The van der Waals surface area contributed by atoms with Crippen molar-refractivity contribution in [1.82, 2.24) is 5.32 Å². The SMILES string of the molecule is O=C(NC(Cc1ccc(O)c(F)c1)C(=O)O)OCc1ccccc1. The highest BCUT2D eigenvalue weighted by Crippen LogP contribution is 2.17. The summed E-state index contributed by atoms with van der Waals surface area (Å²) < 4.78 is 18.3. The van der Waals surface area contributed by atoms with Crippen LogP contribution in [0.1, 0.15) is 11.1 Å². The van der Waals surface area contributed by atoms with Gasteiger partial charge in [-0.2, -0.15) is 0 Å². The molecule has 1 unspecified atom stereocenters. The normalized spacial score (nSPS) is 11.5. The third kappa shape index (κ3) is 4.98. The molecule has 0 aliphatic rings. The number of hydrogen-bond donors (Lipinski definition) is 3. The lowest BCUT2D eigenvalue weighted by molar-refractivity contribution is -0.139. The largest absolute Gasteiger partial charge is 0.505 e. The van der Waals surface area contributed by atoms with Crippen molar-refractivity contribution in [3.8, 4) is 5.75 Å². The van der Waals surface area contributed by atoms with Gasteiger partial charge in [0, 0.05) is 6.42 Å². The number of halogens is 1. The number of carboxylic acid groups (broad SMARTS) is 1. The average molecular weight is 333 g/mol. The average Bonchev–Trinajstić information content (AvgIpc) is 2.56. The number of benzene rings is 2. The molecule has 0 aliphatic heterocycles. The second-order valence-corrected chi connectivity index (χ2v) is 5.09. The van der Waals surface area contributed by atoms with E-state index in [4.69, 9.17) is 9.84 Å². The summed E-state index contributed by atoms with van der Waals surface area (Å²) in [4.78, 5) is 23.0. The quantitative estimate of drug-likeness (QED) is 0.755. The number of amides is 1. The van der Waals surface area contributed by atoms with E-state index in [2.05, 4.69) is 5.32 Å². The van der Waals surface area contributed by atoms with E-state index in [1.807, 2.05) is 6.07 Å². The molecule has 0 bridgehead atoms. The molecular weight excluding hydrogens is 317 g/mol. The minimum atomic E-state index is -1.28. The van der Waals surface area contributed by atoms with Crippen molar-refractivity contribution in [1.29, 1.82) is 0 Å². The number of ether oxygens (including phenoxy) is 1. The number of phenolic OH excluding ortho intramolecular Hbond substituents is 1. The molecule has 126 valence electrons. The van der Waals surface area contributed by atoms with Gasteiger partial charge in [0.1, 0.15) is 12.6 Å². The van der Waals surface area contributed by atoms with Crippen LogP contribution in [0.2, 0.25) is 0 Å². The maximum Gasteiger partial charge on any atom is 0.408 e. The van der Waals surface area contributed by atoms with Crippen LogP contribution in [0.25, 0.3) is 0 Å². The standard InChI is InChI=1S/C17H16FNO5/c18-13-8-12(6-7-15(13)20)9-14(16(21)22)19-17(23)24-10-11-4-2-1-3-5-11/h1-8,14,20H,9-10H2,(H,19,23)(H,21,22). The maximum absolute atomic E-state index is 13.3. The van der Waals surface area contributed by atoms with Crippen molar-refractivity contribution >= 4 is 12.1 Å². The Balaban J connectivity index is 1.93. The van der Waals surface area contributed by atoms with Crippen molar-refractivity contribution in [2.75, 3.05) is 0 Å². The maximum atomic E-state index is 13.3.